The summed E-state index contributed by atoms with van der Waals surface area (Å²) in [7, 11) is 1.41. The molecule has 2 N–H and O–H groups in total. The Balaban J connectivity index is 1.99. The summed E-state index contributed by atoms with van der Waals surface area (Å²) in [5.74, 6) is -0.263. The summed E-state index contributed by atoms with van der Waals surface area (Å²) < 4.78 is 19.2. The van der Waals surface area contributed by atoms with Gasteiger partial charge in [-0.15, -0.1) is 0 Å². The van der Waals surface area contributed by atoms with Crippen molar-refractivity contribution in [1.29, 1.82) is 5.26 Å². The van der Waals surface area contributed by atoms with Gasteiger partial charge in [0.2, 0.25) is 0 Å². The Morgan fingerprint density at radius 3 is 2.66 bits per heavy atom. The van der Waals surface area contributed by atoms with Crippen LogP contribution in [0.4, 0.5) is 10.2 Å². The lowest BCUT2D eigenvalue weighted by molar-refractivity contribution is 0.386. The second kappa shape index (κ2) is 7.21. The van der Waals surface area contributed by atoms with Gasteiger partial charge in [-0.2, -0.15) is 5.26 Å². The molecule has 4 rings (SSSR count). The highest BCUT2D eigenvalue weighted by Crippen LogP contribution is 2.36. The van der Waals surface area contributed by atoms with E-state index in [1.807, 2.05) is 31.2 Å². The number of hydrogen-bond acceptors (Lipinski definition) is 5. The van der Waals surface area contributed by atoms with Crippen molar-refractivity contribution in [3.8, 4) is 34.2 Å². The second-order valence-electron chi connectivity index (χ2n) is 6.61. The van der Waals surface area contributed by atoms with Crippen LogP contribution < -0.4 is 10.5 Å². The van der Waals surface area contributed by atoms with E-state index < -0.39 is 5.82 Å². The number of pyridine rings is 2. The molecule has 2 aromatic heterocycles. The molecular weight excluding hydrogens is 367 g/mol. The van der Waals surface area contributed by atoms with Crippen molar-refractivity contribution in [2.24, 2.45) is 0 Å². The maximum atomic E-state index is 14.2. The molecule has 0 saturated heterocycles. The zero-order chi connectivity index (χ0) is 20.5. The normalized spacial score (nSPS) is 10.7. The van der Waals surface area contributed by atoms with E-state index in [-0.39, 0.29) is 17.1 Å². The summed E-state index contributed by atoms with van der Waals surface area (Å²) in [4.78, 5) is 8.79. The van der Waals surface area contributed by atoms with Gasteiger partial charge in [-0.05, 0) is 48.4 Å². The van der Waals surface area contributed by atoms with Gasteiger partial charge in [-0.1, -0.05) is 18.2 Å². The SMILES string of the molecule is COc1ccc(-c2cc(-c3ccc(C)c4ncccc34)c(C#N)c(N)n2)cc1F. The number of benzene rings is 2. The first kappa shape index (κ1) is 18.4. The molecule has 2 heterocycles. The number of methoxy groups -OCH3 is 1. The third-order valence-electron chi connectivity index (χ3n) is 4.87. The zero-order valence-electron chi connectivity index (χ0n) is 15.9. The number of rotatable bonds is 3. The molecule has 0 aliphatic rings. The van der Waals surface area contributed by atoms with Gasteiger partial charge in [-0.3, -0.25) is 4.98 Å². The van der Waals surface area contributed by atoms with Crippen LogP contribution in [0, 0.1) is 24.1 Å². The molecule has 5 nitrogen and oxygen atoms in total. The first-order valence-electron chi connectivity index (χ1n) is 8.92. The molecule has 0 spiro atoms. The zero-order valence-corrected chi connectivity index (χ0v) is 15.9. The van der Waals surface area contributed by atoms with Crippen LogP contribution in [0.2, 0.25) is 0 Å². The second-order valence-corrected chi connectivity index (χ2v) is 6.61. The van der Waals surface area contributed by atoms with Crippen LogP contribution in [0.25, 0.3) is 33.3 Å². The lowest BCUT2D eigenvalue weighted by atomic mass is 9.94. The van der Waals surface area contributed by atoms with Crippen molar-refractivity contribution >= 4 is 16.7 Å². The number of nitrogen functional groups attached to an aromatic ring is 1. The fourth-order valence-electron chi connectivity index (χ4n) is 3.42. The number of ether oxygens (including phenoxy) is 1. The monoisotopic (exact) mass is 384 g/mol. The van der Waals surface area contributed by atoms with Crippen molar-refractivity contribution in [2.75, 3.05) is 12.8 Å². The number of halogens is 1. The van der Waals surface area contributed by atoms with E-state index >= 15 is 0 Å². The van der Waals surface area contributed by atoms with E-state index in [0.29, 0.717) is 16.8 Å². The van der Waals surface area contributed by atoms with Crippen LogP contribution in [0.15, 0.2) is 54.7 Å². The predicted molar refractivity (Wildman–Crippen MR) is 111 cm³/mol. The van der Waals surface area contributed by atoms with Gasteiger partial charge in [0.15, 0.2) is 11.6 Å². The third kappa shape index (κ3) is 3.13. The van der Waals surface area contributed by atoms with Crippen molar-refractivity contribution in [1.82, 2.24) is 9.97 Å². The van der Waals surface area contributed by atoms with E-state index in [0.717, 1.165) is 22.0 Å². The Bertz CT molecular complexity index is 1290. The molecule has 0 aliphatic carbocycles. The smallest absolute Gasteiger partial charge is 0.165 e. The topological polar surface area (TPSA) is 84.8 Å². The molecule has 0 unspecified atom stereocenters. The van der Waals surface area contributed by atoms with E-state index in [1.54, 1.807) is 18.3 Å². The van der Waals surface area contributed by atoms with Crippen molar-refractivity contribution in [3.05, 3.63) is 71.7 Å². The van der Waals surface area contributed by atoms with E-state index in [2.05, 4.69) is 16.0 Å². The molecule has 29 heavy (non-hydrogen) atoms. The molecule has 142 valence electrons. The van der Waals surface area contributed by atoms with Crippen molar-refractivity contribution in [2.45, 2.75) is 6.92 Å². The minimum Gasteiger partial charge on any atom is -0.494 e. The standard InChI is InChI=1S/C23H17FN4O/c1-13-5-7-15(16-4-3-9-27-22(13)16)17-11-20(28-23(26)18(17)12-25)14-6-8-21(29-2)19(24)10-14/h3-11H,1-2H3,(H2,26,28). The molecule has 0 aliphatic heterocycles. The van der Waals surface area contributed by atoms with Gasteiger partial charge >= 0.3 is 0 Å². The number of nitriles is 1. The average Bonchev–Trinajstić information content (AvgIpc) is 2.73. The molecule has 0 atom stereocenters. The maximum absolute atomic E-state index is 14.2. The highest BCUT2D eigenvalue weighted by molar-refractivity contribution is 5.98. The number of nitrogens with zero attached hydrogens (tertiary/aromatic N) is 3. The van der Waals surface area contributed by atoms with Crippen LogP contribution in [0.5, 0.6) is 5.75 Å². The number of anilines is 1. The van der Waals surface area contributed by atoms with Crippen LogP contribution in [-0.4, -0.2) is 17.1 Å². The van der Waals surface area contributed by atoms with Crippen LogP contribution in [0.3, 0.4) is 0 Å². The molecule has 0 saturated carbocycles. The van der Waals surface area contributed by atoms with Crippen molar-refractivity contribution < 1.29 is 9.13 Å². The van der Waals surface area contributed by atoms with Crippen molar-refractivity contribution in [3.63, 3.8) is 0 Å². The molecule has 6 heteroatoms. The first-order valence-corrected chi connectivity index (χ1v) is 8.92. The number of hydrogen-bond donors (Lipinski definition) is 1. The Hall–Kier alpha value is -3.98. The summed E-state index contributed by atoms with van der Waals surface area (Å²) >= 11 is 0. The van der Waals surface area contributed by atoms with Gasteiger partial charge in [0.05, 0.1) is 18.3 Å². The lowest BCUT2D eigenvalue weighted by Gasteiger charge is -2.13. The molecule has 0 amide bonds. The van der Waals surface area contributed by atoms with Gasteiger partial charge in [0.25, 0.3) is 0 Å². The van der Waals surface area contributed by atoms with Crippen LogP contribution >= 0.6 is 0 Å². The highest BCUT2D eigenvalue weighted by atomic mass is 19.1. The summed E-state index contributed by atoms with van der Waals surface area (Å²) in [6.45, 7) is 1.98. The average molecular weight is 384 g/mol. The van der Waals surface area contributed by atoms with Gasteiger partial charge in [-0.25, -0.2) is 9.37 Å². The van der Waals surface area contributed by atoms with E-state index in [1.165, 1.54) is 19.2 Å². The number of aromatic nitrogens is 2. The van der Waals surface area contributed by atoms with E-state index in [4.69, 9.17) is 10.5 Å². The summed E-state index contributed by atoms with van der Waals surface area (Å²) in [5, 5.41) is 10.6. The Labute approximate surface area is 167 Å². The minimum atomic E-state index is -0.499. The maximum Gasteiger partial charge on any atom is 0.165 e. The number of aryl methyl sites for hydroxylation is 1. The largest absolute Gasteiger partial charge is 0.494 e. The van der Waals surface area contributed by atoms with E-state index in [9.17, 15) is 9.65 Å². The Morgan fingerprint density at radius 2 is 1.93 bits per heavy atom. The van der Waals surface area contributed by atoms with Gasteiger partial charge < -0.3 is 10.5 Å². The Kier molecular flexibility index (Phi) is 4.57. The third-order valence-corrected chi connectivity index (χ3v) is 4.87. The number of nitrogens with two attached hydrogens (primary N) is 1. The summed E-state index contributed by atoms with van der Waals surface area (Å²) in [6, 6.07) is 16.2. The Morgan fingerprint density at radius 1 is 1.10 bits per heavy atom. The molecule has 4 aromatic rings. The van der Waals surface area contributed by atoms with Gasteiger partial charge in [0.1, 0.15) is 17.5 Å². The molecular formula is C23H17FN4O. The fourth-order valence-corrected chi connectivity index (χ4v) is 3.42. The predicted octanol–water partition coefficient (Wildman–Crippen LogP) is 4.87. The first-order chi connectivity index (χ1) is 14.0. The fraction of sp³-hybridized carbons (Fsp3) is 0.0870. The molecule has 0 radical (unpaired) electrons. The molecule has 0 bridgehead atoms. The minimum absolute atomic E-state index is 0.0915. The molecule has 0 fully saturated rings. The number of fused-ring (bicyclic) bond motifs is 1. The molecule has 2 aromatic carbocycles. The lowest BCUT2D eigenvalue weighted by Crippen LogP contribution is -2.01. The van der Waals surface area contributed by atoms with Crippen LogP contribution in [-0.2, 0) is 0 Å². The highest BCUT2D eigenvalue weighted by Gasteiger charge is 2.17. The van der Waals surface area contributed by atoms with Gasteiger partial charge in [0, 0.05) is 22.7 Å². The summed E-state index contributed by atoms with van der Waals surface area (Å²) in [6.07, 6.45) is 1.73. The quantitative estimate of drug-likeness (QED) is 0.544. The van der Waals surface area contributed by atoms with Crippen LogP contribution in [0.1, 0.15) is 11.1 Å². The summed E-state index contributed by atoms with van der Waals surface area (Å²) in [5.41, 5.74) is 10.7.